The van der Waals surface area contributed by atoms with Gasteiger partial charge in [-0.25, -0.2) is 0 Å². The number of benzene rings is 1. The number of nitriles is 1. The van der Waals surface area contributed by atoms with Crippen molar-refractivity contribution in [2.24, 2.45) is 0 Å². The van der Waals surface area contributed by atoms with Crippen LogP contribution >= 0.6 is 11.8 Å². The third-order valence-corrected chi connectivity index (χ3v) is 2.94. The van der Waals surface area contributed by atoms with Crippen molar-refractivity contribution in [3.05, 3.63) is 24.3 Å². The van der Waals surface area contributed by atoms with Gasteiger partial charge in [-0.1, -0.05) is 0 Å². The monoisotopic (exact) mass is 250 g/mol. The van der Waals surface area contributed by atoms with Crippen LogP contribution in [0, 0.1) is 10.7 Å². The van der Waals surface area contributed by atoms with Crippen molar-refractivity contribution in [2.45, 2.75) is 18.2 Å². The van der Waals surface area contributed by atoms with Crippen LogP contribution in [0.3, 0.4) is 0 Å². The van der Waals surface area contributed by atoms with Gasteiger partial charge in [0.05, 0.1) is 6.42 Å². The number of carboxylic acids is 1. The van der Waals surface area contributed by atoms with Crippen LogP contribution in [0.25, 0.3) is 0 Å². The van der Waals surface area contributed by atoms with Gasteiger partial charge in [0, 0.05) is 23.7 Å². The normalized spacial score (nSPS) is 9.65. The molecular weight excluding hydrogens is 236 g/mol. The first kappa shape index (κ1) is 13.4. The minimum Gasteiger partial charge on any atom is -0.481 e. The number of nitrogens with zero attached hydrogens (tertiary/aromatic N) is 2. The molecule has 0 amide bonds. The van der Waals surface area contributed by atoms with Crippen LogP contribution in [0.2, 0.25) is 0 Å². The van der Waals surface area contributed by atoms with E-state index < -0.39 is 5.97 Å². The van der Waals surface area contributed by atoms with Crippen LogP contribution in [0.15, 0.2) is 29.2 Å². The lowest BCUT2D eigenvalue weighted by atomic mass is 10.2. The number of anilines is 1. The van der Waals surface area contributed by atoms with Gasteiger partial charge < -0.3 is 10.0 Å². The molecule has 0 aliphatic carbocycles. The summed E-state index contributed by atoms with van der Waals surface area (Å²) in [6.45, 7) is 3.24. The van der Waals surface area contributed by atoms with Gasteiger partial charge in [0.2, 0.25) is 0 Å². The minimum atomic E-state index is -0.792. The van der Waals surface area contributed by atoms with Gasteiger partial charge in [-0.3, -0.25) is 4.79 Å². The maximum Gasteiger partial charge on any atom is 0.305 e. The Morgan fingerprint density at radius 1 is 1.47 bits per heavy atom. The van der Waals surface area contributed by atoms with E-state index in [-0.39, 0.29) is 6.42 Å². The molecule has 0 saturated carbocycles. The Hall–Kier alpha value is -1.67. The predicted molar refractivity (Wildman–Crippen MR) is 68.1 cm³/mol. The zero-order valence-electron chi connectivity index (χ0n) is 9.59. The van der Waals surface area contributed by atoms with Crippen molar-refractivity contribution >= 4 is 23.4 Å². The molecule has 0 spiro atoms. The number of hydrogen-bond acceptors (Lipinski definition) is 4. The Morgan fingerprint density at radius 3 is 2.59 bits per heavy atom. The summed E-state index contributed by atoms with van der Waals surface area (Å²) in [4.78, 5) is 13.4. The van der Waals surface area contributed by atoms with Gasteiger partial charge in [0.25, 0.3) is 0 Å². The fourth-order valence-corrected chi connectivity index (χ4v) is 1.86. The topological polar surface area (TPSA) is 64.3 Å². The average molecular weight is 250 g/mol. The molecule has 0 aliphatic rings. The van der Waals surface area contributed by atoms with Gasteiger partial charge in [0.1, 0.15) is 5.40 Å². The molecule has 0 unspecified atom stereocenters. The summed E-state index contributed by atoms with van der Waals surface area (Å²) < 4.78 is 0. The lowest BCUT2D eigenvalue weighted by molar-refractivity contribution is -0.136. The summed E-state index contributed by atoms with van der Waals surface area (Å²) in [5.41, 5.74) is 0.982. The van der Waals surface area contributed by atoms with Gasteiger partial charge in [-0.05, 0) is 43.0 Å². The smallest absolute Gasteiger partial charge is 0.305 e. The van der Waals surface area contributed by atoms with Gasteiger partial charge >= 0.3 is 5.97 Å². The van der Waals surface area contributed by atoms with Crippen molar-refractivity contribution in [1.82, 2.24) is 0 Å². The van der Waals surface area contributed by atoms with E-state index in [1.165, 1.54) is 0 Å². The first-order valence-corrected chi connectivity index (χ1v) is 6.11. The molecule has 1 rings (SSSR count). The van der Waals surface area contributed by atoms with Crippen molar-refractivity contribution < 1.29 is 9.90 Å². The molecule has 0 atom stereocenters. The molecule has 1 N–H and O–H groups in total. The van der Waals surface area contributed by atoms with Crippen LogP contribution in [-0.2, 0) is 4.79 Å². The standard InChI is InChI=1S/C12H14N2O2S/c1-2-14(8-7-12(15)16)10-3-5-11(6-4-10)17-9-13/h3-6H,2,7-8H2,1H3,(H,15,16). The highest BCUT2D eigenvalue weighted by Crippen LogP contribution is 2.21. The molecule has 0 saturated heterocycles. The van der Waals surface area contributed by atoms with E-state index in [0.717, 1.165) is 28.9 Å². The molecule has 1 aromatic rings. The Bertz CT molecular complexity index is 412. The molecule has 0 fully saturated rings. The second kappa shape index (κ2) is 6.81. The third-order valence-electron chi connectivity index (χ3n) is 2.34. The van der Waals surface area contributed by atoms with Crippen molar-refractivity contribution in [2.75, 3.05) is 18.0 Å². The van der Waals surface area contributed by atoms with Crippen molar-refractivity contribution in [1.29, 1.82) is 5.26 Å². The van der Waals surface area contributed by atoms with Gasteiger partial charge in [0.15, 0.2) is 0 Å². The van der Waals surface area contributed by atoms with Gasteiger partial charge in [-0.2, -0.15) is 5.26 Å². The minimum absolute atomic E-state index is 0.128. The zero-order valence-corrected chi connectivity index (χ0v) is 10.4. The summed E-state index contributed by atoms with van der Waals surface area (Å²) >= 11 is 1.11. The number of hydrogen-bond donors (Lipinski definition) is 1. The summed E-state index contributed by atoms with van der Waals surface area (Å²) in [5, 5.41) is 19.2. The molecule has 17 heavy (non-hydrogen) atoms. The third kappa shape index (κ3) is 4.37. The number of aliphatic carboxylic acids is 1. The maximum atomic E-state index is 10.5. The van der Waals surface area contributed by atoms with Crippen LogP contribution in [-0.4, -0.2) is 24.2 Å². The van der Waals surface area contributed by atoms with Crippen LogP contribution < -0.4 is 4.90 Å². The number of rotatable bonds is 6. The number of carboxylic acid groups (broad SMARTS) is 1. The Kier molecular flexibility index (Phi) is 5.37. The molecule has 0 bridgehead atoms. The highest BCUT2D eigenvalue weighted by atomic mass is 32.2. The zero-order chi connectivity index (χ0) is 12.7. The number of thiocyanates is 1. The van der Waals surface area contributed by atoms with Crippen molar-refractivity contribution in [3.8, 4) is 5.40 Å². The lowest BCUT2D eigenvalue weighted by Crippen LogP contribution is -2.25. The second-order valence-corrected chi connectivity index (χ2v) is 4.27. The molecule has 0 heterocycles. The second-order valence-electron chi connectivity index (χ2n) is 3.41. The summed E-state index contributed by atoms with van der Waals surface area (Å²) in [6.07, 6.45) is 0.128. The maximum absolute atomic E-state index is 10.5. The van der Waals surface area contributed by atoms with E-state index in [9.17, 15) is 4.79 Å². The molecule has 0 aliphatic heterocycles. The van der Waals surface area contributed by atoms with Gasteiger partial charge in [-0.15, -0.1) is 0 Å². The largest absolute Gasteiger partial charge is 0.481 e. The van der Waals surface area contributed by atoms with E-state index in [1.807, 2.05) is 41.5 Å². The molecule has 90 valence electrons. The lowest BCUT2D eigenvalue weighted by Gasteiger charge is -2.22. The van der Waals surface area contributed by atoms with E-state index in [4.69, 9.17) is 10.4 Å². The average Bonchev–Trinajstić information content (AvgIpc) is 2.32. The molecule has 4 nitrogen and oxygen atoms in total. The highest BCUT2D eigenvalue weighted by molar-refractivity contribution is 8.03. The summed E-state index contributed by atoms with van der Waals surface area (Å²) in [6, 6.07) is 7.55. The molecule has 5 heteroatoms. The highest BCUT2D eigenvalue weighted by Gasteiger charge is 2.06. The number of carbonyl (C=O) groups is 1. The summed E-state index contributed by atoms with van der Waals surface area (Å²) in [5.74, 6) is -0.792. The van der Waals surface area contributed by atoms with E-state index >= 15 is 0 Å². The fraction of sp³-hybridized carbons (Fsp3) is 0.333. The van der Waals surface area contributed by atoms with E-state index in [0.29, 0.717) is 6.54 Å². The molecule has 0 aromatic heterocycles. The Balaban J connectivity index is 2.68. The summed E-state index contributed by atoms with van der Waals surface area (Å²) in [7, 11) is 0. The van der Waals surface area contributed by atoms with Crippen LogP contribution in [0.4, 0.5) is 5.69 Å². The molecular formula is C12H14N2O2S. The SMILES string of the molecule is CCN(CCC(=O)O)c1ccc(SC#N)cc1. The van der Waals surface area contributed by atoms with Crippen molar-refractivity contribution in [3.63, 3.8) is 0 Å². The first-order valence-electron chi connectivity index (χ1n) is 5.30. The Labute approximate surface area is 105 Å². The van der Waals surface area contributed by atoms with E-state index in [2.05, 4.69) is 0 Å². The van der Waals surface area contributed by atoms with Crippen LogP contribution in [0.1, 0.15) is 13.3 Å². The van der Waals surface area contributed by atoms with E-state index in [1.54, 1.807) is 0 Å². The predicted octanol–water partition coefficient (Wildman–Crippen LogP) is 2.56. The molecule has 1 aromatic carbocycles. The van der Waals surface area contributed by atoms with Crippen LogP contribution in [0.5, 0.6) is 0 Å². The first-order chi connectivity index (χ1) is 8.17. The number of thioether (sulfide) groups is 1. The fourth-order valence-electron chi connectivity index (χ4n) is 1.48. The molecule has 0 radical (unpaired) electrons. The quantitative estimate of drug-likeness (QED) is 0.621. The Morgan fingerprint density at radius 2 is 2.12 bits per heavy atom.